The zero-order valence-corrected chi connectivity index (χ0v) is 13.0. The Bertz CT molecular complexity index is 293. The van der Waals surface area contributed by atoms with E-state index in [2.05, 4.69) is 4.52 Å². The van der Waals surface area contributed by atoms with E-state index in [-0.39, 0.29) is 0 Å². The van der Waals surface area contributed by atoms with E-state index in [1.807, 2.05) is 28.1 Å². The summed E-state index contributed by atoms with van der Waals surface area (Å²) in [6.07, 6.45) is -0.286. The summed E-state index contributed by atoms with van der Waals surface area (Å²) >= 11 is 0. The molecule has 0 spiro atoms. The molecular formula is C11H26NO6P. The van der Waals surface area contributed by atoms with Crippen LogP contribution in [-0.2, 0) is 13.6 Å². The van der Waals surface area contributed by atoms with Gasteiger partial charge < -0.3 is 28.6 Å². The number of hydrogen-bond donors (Lipinski definition) is 2. The Balaban J connectivity index is 4.42. The van der Waals surface area contributed by atoms with Gasteiger partial charge in [0.1, 0.15) is 18.8 Å². The molecule has 19 heavy (non-hydrogen) atoms. The molecule has 0 aliphatic carbocycles. The van der Waals surface area contributed by atoms with Crippen LogP contribution in [0.2, 0.25) is 0 Å². The third-order valence-corrected chi connectivity index (χ3v) is 3.30. The number of nitrogens with zero attached hydrogens (tertiary/aromatic N) is 1. The first-order valence-corrected chi connectivity index (χ1v) is 7.79. The molecule has 0 aromatic heterocycles. The van der Waals surface area contributed by atoms with Gasteiger partial charge in [-0.05, 0) is 6.42 Å². The average Bonchev–Trinajstić information content (AvgIpc) is 2.23. The Labute approximate surface area is 115 Å². The molecule has 0 amide bonds. The summed E-state index contributed by atoms with van der Waals surface area (Å²) in [6, 6.07) is 0. The number of aliphatic hydroxyl groups is 2. The first kappa shape index (κ1) is 19.0. The molecule has 0 bridgehead atoms. The van der Waals surface area contributed by atoms with Gasteiger partial charge in [0.05, 0.1) is 34.4 Å². The van der Waals surface area contributed by atoms with Crippen molar-refractivity contribution in [2.45, 2.75) is 32.0 Å². The van der Waals surface area contributed by atoms with Crippen LogP contribution >= 0.6 is 7.82 Å². The van der Waals surface area contributed by atoms with Crippen molar-refractivity contribution in [1.29, 1.82) is 0 Å². The van der Waals surface area contributed by atoms with Crippen LogP contribution in [0.5, 0.6) is 0 Å². The van der Waals surface area contributed by atoms with Gasteiger partial charge in [0, 0.05) is 0 Å². The van der Waals surface area contributed by atoms with E-state index in [0.29, 0.717) is 17.4 Å². The van der Waals surface area contributed by atoms with Crippen LogP contribution in [-0.4, -0.2) is 67.8 Å². The van der Waals surface area contributed by atoms with Crippen molar-refractivity contribution in [2.75, 3.05) is 40.9 Å². The number of phosphoric acid groups is 1. The van der Waals surface area contributed by atoms with Gasteiger partial charge in [-0.15, -0.1) is 0 Å². The maximum Gasteiger partial charge on any atom is 0.268 e. The summed E-state index contributed by atoms with van der Waals surface area (Å²) in [5.41, 5.74) is 0. The summed E-state index contributed by atoms with van der Waals surface area (Å²) < 4.78 is 21.7. The fourth-order valence-corrected chi connectivity index (χ4v) is 2.51. The smallest absolute Gasteiger partial charge is 0.268 e. The number of quaternary nitrogens is 1. The Morgan fingerprint density at radius 1 is 1.37 bits per heavy atom. The summed E-state index contributed by atoms with van der Waals surface area (Å²) in [5, 5.41) is 17.6. The molecule has 0 heterocycles. The molecule has 3 atom stereocenters. The second-order valence-corrected chi connectivity index (χ2v) is 6.93. The summed E-state index contributed by atoms with van der Waals surface area (Å²) in [6.45, 7) is 1.42. The fraction of sp³-hybridized carbons (Fsp3) is 1.00. The summed E-state index contributed by atoms with van der Waals surface area (Å²) in [5.74, 6) is 0. The van der Waals surface area contributed by atoms with Crippen LogP contribution in [0.15, 0.2) is 0 Å². The van der Waals surface area contributed by atoms with Crippen LogP contribution < -0.4 is 4.89 Å². The molecule has 0 aromatic rings. The van der Waals surface area contributed by atoms with Crippen molar-refractivity contribution >= 4 is 7.82 Å². The molecule has 0 saturated carbocycles. The Morgan fingerprint density at radius 3 is 2.37 bits per heavy atom. The molecule has 0 aliphatic heterocycles. The number of phosphoric ester groups is 1. The van der Waals surface area contributed by atoms with Crippen LogP contribution in [0.25, 0.3) is 0 Å². The van der Waals surface area contributed by atoms with E-state index < -0.39 is 33.2 Å². The van der Waals surface area contributed by atoms with Crippen LogP contribution in [0.4, 0.5) is 0 Å². The minimum absolute atomic E-state index is 0.459. The molecular weight excluding hydrogens is 273 g/mol. The van der Waals surface area contributed by atoms with Crippen molar-refractivity contribution in [1.82, 2.24) is 0 Å². The predicted molar refractivity (Wildman–Crippen MR) is 69.3 cm³/mol. The molecule has 0 fully saturated rings. The Hall–Kier alpha value is -0.0100. The number of likely N-dealkylation sites (N-methyl/N-ethyl adjacent to an activating group) is 1. The lowest BCUT2D eigenvalue weighted by Gasteiger charge is -2.33. The highest BCUT2D eigenvalue weighted by molar-refractivity contribution is 7.45. The highest BCUT2D eigenvalue weighted by Crippen LogP contribution is 2.40. The summed E-state index contributed by atoms with van der Waals surface area (Å²) in [7, 11) is 1.37. The number of aliphatic hydroxyl groups excluding tert-OH is 2. The van der Waals surface area contributed by atoms with E-state index in [1.165, 1.54) is 0 Å². The van der Waals surface area contributed by atoms with Crippen LogP contribution in [0.3, 0.4) is 0 Å². The topological polar surface area (TPSA) is 99.1 Å². The minimum Gasteiger partial charge on any atom is -0.756 e. The monoisotopic (exact) mass is 299 g/mol. The second kappa shape index (κ2) is 8.32. The first-order chi connectivity index (χ1) is 8.59. The third kappa shape index (κ3) is 10.4. The zero-order valence-electron chi connectivity index (χ0n) is 12.1. The van der Waals surface area contributed by atoms with E-state index in [9.17, 15) is 9.46 Å². The molecule has 0 radical (unpaired) electrons. The molecule has 7 nitrogen and oxygen atoms in total. The molecule has 2 N–H and O–H groups in total. The normalized spacial score (nSPS) is 18.9. The van der Waals surface area contributed by atoms with Gasteiger partial charge in [0.2, 0.25) is 0 Å². The van der Waals surface area contributed by atoms with Gasteiger partial charge in [-0.2, -0.15) is 0 Å². The standard InChI is InChI=1S/C11H26NO6P/c1-5-6-11(7-12(2,3)4)18-19(15,16)17-9-10(14)8-13/h10-11,13-14H,5-9H2,1-4H3/t10-,11?/m1/s1. The largest absolute Gasteiger partial charge is 0.756 e. The number of hydrogen-bond acceptors (Lipinski definition) is 6. The van der Waals surface area contributed by atoms with Gasteiger partial charge in [-0.3, -0.25) is 4.57 Å². The van der Waals surface area contributed by atoms with Crippen molar-refractivity contribution < 1.29 is 33.2 Å². The number of rotatable bonds is 10. The SMILES string of the molecule is CCCC(C[N+](C)(C)C)OP(=O)([O-])OC[C@H](O)CO. The maximum atomic E-state index is 11.6. The highest BCUT2D eigenvalue weighted by atomic mass is 31.2. The average molecular weight is 299 g/mol. The van der Waals surface area contributed by atoms with Gasteiger partial charge in [0.25, 0.3) is 7.82 Å². The lowest BCUT2D eigenvalue weighted by Crippen LogP contribution is -2.42. The van der Waals surface area contributed by atoms with Gasteiger partial charge >= 0.3 is 0 Å². The van der Waals surface area contributed by atoms with Gasteiger partial charge in [0.15, 0.2) is 0 Å². The molecule has 0 aromatic carbocycles. The Morgan fingerprint density at radius 2 is 1.95 bits per heavy atom. The van der Waals surface area contributed by atoms with Crippen molar-refractivity contribution in [3.8, 4) is 0 Å². The van der Waals surface area contributed by atoms with Crippen molar-refractivity contribution in [3.05, 3.63) is 0 Å². The van der Waals surface area contributed by atoms with E-state index in [1.54, 1.807) is 0 Å². The third-order valence-electron chi connectivity index (χ3n) is 2.28. The molecule has 8 heteroatoms. The zero-order chi connectivity index (χ0) is 15.1. The highest BCUT2D eigenvalue weighted by Gasteiger charge is 2.24. The summed E-state index contributed by atoms with van der Waals surface area (Å²) in [4.78, 5) is 11.6. The fourth-order valence-electron chi connectivity index (χ4n) is 1.55. The molecule has 0 saturated heterocycles. The van der Waals surface area contributed by atoms with E-state index in [4.69, 9.17) is 14.7 Å². The lowest BCUT2D eigenvalue weighted by molar-refractivity contribution is -0.873. The first-order valence-electron chi connectivity index (χ1n) is 6.33. The predicted octanol–water partition coefficient (Wildman–Crippen LogP) is -0.284. The van der Waals surface area contributed by atoms with Crippen molar-refractivity contribution in [3.63, 3.8) is 0 Å². The van der Waals surface area contributed by atoms with E-state index in [0.717, 1.165) is 6.42 Å². The molecule has 0 rings (SSSR count). The lowest BCUT2D eigenvalue weighted by atomic mass is 10.2. The molecule has 116 valence electrons. The Kier molecular flexibility index (Phi) is 8.31. The van der Waals surface area contributed by atoms with Crippen molar-refractivity contribution in [2.24, 2.45) is 0 Å². The molecule has 0 aliphatic rings. The van der Waals surface area contributed by atoms with Gasteiger partial charge in [-0.25, -0.2) is 0 Å². The van der Waals surface area contributed by atoms with E-state index >= 15 is 0 Å². The van der Waals surface area contributed by atoms with Crippen LogP contribution in [0.1, 0.15) is 19.8 Å². The quantitative estimate of drug-likeness (QED) is 0.425. The van der Waals surface area contributed by atoms with Crippen LogP contribution in [0, 0.1) is 0 Å². The minimum atomic E-state index is -4.46. The maximum absolute atomic E-state index is 11.6. The molecule has 2 unspecified atom stereocenters. The second-order valence-electron chi connectivity index (χ2n) is 5.57. The van der Waals surface area contributed by atoms with Gasteiger partial charge in [-0.1, -0.05) is 13.3 Å².